The van der Waals surface area contributed by atoms with E-state index in [0.717, 1.165) is 15.9 Å². The van der Waals surface area contributed by atoms with Crippen molar-refractivity contribution in [2.75, 3.05) is 0 Å². The minimum absolute atomic E-state index is 0.00324. The number of benzene rings is 2. The molecule has 120 valence electrons. The average molecular weight is 356 g/mol. The topological polar surface area (TPSA) is 72.7 Å². The van der Waals surface area contributed by atoms with Gasteiger partial charge in [-0.1, -0.05) is 23.7 Å². The van der Waals surface area contributed by atoms with Crippen LogP contribution < -0.4 is 0 Å². The summed E-state index contributed by atoms with van der Waals surface area (Å²) in [5.74, 6) is 0.372. The highest BCUT2D eigenvalue weighted by atomic mass is 35.5. The number of nitrogens with one attached hydrogen (secondary N) is 1. The molecule has 4 nitrogen and oxygen atoms in total. The van der Waals surface area contributed by atoms with Gasteiger partial charge in [0.15, 0.2) is 5.82 Å². The van der Waals surface area contributed by atoms with E-state index in [2.05, 4.69) is 16.0 Å². The molecule has 0 aliphatic carbocycles. The fourth-order valence-corrected chi connectivity index (χ4v) is 3.34. The number of H-pyrrole nitrogens is 1. The van der Waals surface area contributed by atoms with Crippen LogP contribution in [0.15, 0.2) is 59.2 Å². The molecule has 3 rings (SSSR count). The van der Waals surface area contributed by atoms with Crippen molar-refractivity contribution < 1.29 is 5.11 Å². The van der Waals surface area contributed by atoms with Crippen LogP contribution in [0.1, 0.15) is 12.7 Å². The first-order valence-electron chi connectivity index (χ1n) is 7.29. The number of imidazole rings is 1. The van der Waals surface area contributed by atoms with Crippen LogP contribution in [0.25, 0.3) is 16.6 Å². The van der Waals surface area contributed by atoms with E-state index >= 15 is 0 Å². The van der Waals surface area contributed by atoms with Crippen LogP contribution in [-0.2, 0) is 0 Å². The molecule has 0 bridgehead atoms. The molecule has 0 saturated heterocycles. The Labute approximate surface area is 148 Å². The highest BCUT2D eigenvalue weighted by Crippen LogP contribution is 2.31. The lowest BCUT2D eigenvalue weighted by Crippen LogP contribution is -2.04. The molecule has 0 saturated carbocycles. The number of hydrogen-bond donors (Lipinski definition) is 2. The SMILES string of the molecule is CC(Sc1ccc(Cl)cc1)/C(O)=C(/C#N)c1nc2ccccc2[nH]1. The van der Waals surface area contributed by atoms with E-state index in [0.29, 0.717) is 10.8 Å². The third kappa shape index (κ3) is 3.40. The van der Waals surface area contributed by atoms with Crippen molar-refractivity contribution in [1.29, 1.82) is 5.26 Å². The van der Waals surface area contributed by atoms with Crippen molar-refractivity contribution in [3.8, 4) is 6.07 Å². The Bertz CT molecular complexity index is 908. The molecule has 1 heterocycles. The van der Waals surface area contributed by atoms with Gasteiger partial charge in [0.1, 0.15) is 17.4 Å². The van der Waals surface area contributed by atoms with E-state index in [9.17, 15) is 10.4 Å². The van der Waals surface area contributed by atoms with Gasteiger partial charge in [-0.05, 0) is 43.3 Å². The predicted molar refractivity (Wildman–Crippen MR) is 98.0 cm³/mol. The van der Waals surface area contributed by atoms with Gasteiger partial charge in [0.25, 0.3) is 0 Å². The lowest BCUT2D eigenvalue weighted by Gasteiger charge is -2.11. The van der Waals surface area contributed by atoms with Crippen LogP contribution in [0.4, 0.5) is 0 Å². The maximum Gasteiger partial charge on any atom is 0.152 e. The number of aliphatic hydroxyl groups is 1. The second-order valence-electron chi connectivity index (χ2n) is 5.19. The predicted octanol–water partition coefficient (Wildman–Crippen LogP) is 5.19. The molecule has 0 aliphatic heterocycles. The summed E-state index contributed by atoms with van der Waals surface area (Å²) >= 11 is 7.33. The summed E-state index contributed by atoms with van der Waals surface area (Å²) < 4.78 is 0. The van der Waals surface area contributed by atoms with E-state index in [4.69, 9.17) is 11.6 Å². The zero-order valence-electron chi connectivity index (χ0n) is 12.8. The standard InChI is InChI=1S/C18H14ClN3OS/c1-11(24-13-8-6-12(19)7-9-13)17(23)14(10-20)18-21-15-4-2-3-5-16(15)22-18/h2-9,11,23H,1H3,(H,21,22)/b17-14+. The first-order chi connectivity index (χ1) is 11.6. The third-order valence-corrected chi connectivity index (χ3v) is 4.88. The van der Waals surface area contributed by atoms with Gasteiger partial charge in [0.2, 0.25) is 0 Å². The number of thioether (sulfide) groups is 1. The molecular formula is C18H14ClN3OS. The molecule has 3 aromatic rings. The zero-order valence-corrected chi connectivity index (χ0v) is 14.4. The molecule has 1 atom stereocenters. The van der Waals surface area contributed by atoms with E-state index in [-0.39, 0.29) is 16.6 Å². The van der Waals surface area contributed by atoms with Crippen LogP contribution in [0, 0.1) is 11.3 Å². The van der Waals surface area contributed by atoms with Crippen LogP contribution >= 0.6 is 23.4 Å². The average Bonchev–Trinajstić information content (AvgIpc) is 3.01. The number of nitriles is 1. The number of hydrogen-bond acceptors (Lipinski definition) is 4. The Morgan fingerprint density at radius 3 is 2.62 bits per heavy atom. The van der Waals surface area contributed by atoms with Crippen LogP contribution in [-0.4, -0.2) is 20.3 Å². The quantitative estimate of drug-likeness (QED) is 0.383. The Kier molecular flexibility index (Phi) is 4.79. The van der Waals surface area contributed by atoms with Crippen molar-refractivity contribution in [2.45, 2.75) is 17.1 Å². The monoisotopic (exact) mass is 355 g/mol. The number of halogens is 1. The van der Waals surface area contributed by atoms with Gasteiger partial charge in [-0.3, -0.25) is 0 Å². The molecule has 0 fully saturated rings. The Hall–Kier alpha value is -2.42. The molecule has 24 heavy (non-hydrogen) atoms. The first-order valence-corrected chi connectivity index (χ1v) is 8.55. The van der Waals surface area contributed by atoms with E-state index < -0.39 is 0 Å². The lowest BCUT2D eigenvalue weighted by atomic mass is 10.2. The largest absolute Gasteiger partial charge is 0.510 e. The van der Waals surface area contributed by atoms with Crippen molar-refractivity contribution in [3.63, 3.8) is 0 Å². The number of nitrogens with zero attached hydrogens (tertiary/aromatic N) is 2. The summed E-state index contributed by atoms with van der Waals surface area (Å²) in [6.45, 7) is 1.84. The van der Waals surface area contributed by atoms with Crippen molar-refractivity contribution in [1.82, 2.24) is 9.97 Å². The molecule has 0 aliphatic rings. The molecule has 2 aromatic carbocycles. The van der Waals surface area contributed by atoms with Gasteiger partial charge in [0.05, 0.1) is 16.3 Å². The highest BCUT2D eigenvalue weighted by molar-refractivity contribution is 8.00. The summed E-state index contributed by atoms with van der Waals surface area (Å²) in [4.78, 5) is 8.42. The molecule has 2 N–H and O–H groups in total. The number of aromatic amines is 1. The van der Waals surface area contributed by atoms with Crippen molar-refractivity contribution >= 4 is 40.0 Å². The van der Waals surface area contributed by atoms with Gasteiger partial charge in [-0.2, -0.15) is 5.26 Å². The fraction of sp³-hybridized carbons (Fsp3) is 0.111. The van der Waals surface area contributed by atoms with Gasteiger partial charge in [-0.15, -0.1) is 11.8 Å². The number of fused-ring (bicyclic) bond motifs is 1. The zero-order chi connectivity index (χ0) is 17.1. The van der Waals surface area contributed by atoms with Crippen LogP contribution in [0.5, 0.6) is 0 Å². The van der Waals surface area contributed by atoms with E-state index in [1.807, 2.05) is 43.3 Å². The molecule has 0 spiro atoms. The molecule has 1 unspecified atom stereocenters. The number of rotatable bonds is 4. The number of para-hydroxylation sites is 2. The number of aliphatic hydroxyl groups excluding tert-OH is 1. The third-order valence-electron chi connectivity index (χ3n) is 3.51. The van der Waals surface area contributed by atoms with Gasteiger partial charge >= 0.3 is 0 Å². The Morgan fingerprint density at radius 1 is 1.25 bits per heavy atom. The smallest absolute Gasteiger partial charge is 0.152 e. The second-order valence-corrected chi connectivity index (χ2v) is 7.04. The molecule has 6 heteroatoms. The van der Waals surface area contributed by atoms with Crippen molar-refractivity contribution in [3.05, 3.63) is 65.1 Å². The van der Waals surface area contributed by atoms with Crippen LogP contribution in [0.2, 0.25) is 5.02 Å². The summed E-state index contributed by atoms with van der Waals surface area (Å²) in [5.41, 5.74) is 1.73. The number of aromatic nitrogens is 2. The summed E-state index contributed by atoms with van der Waals surface area (Å²) in [7, 11) is 0. The molecular weight excluding hydrogens is 342 g/mol. The van der Waals surface area contributed by atoms with Gasteiger partial charge in [0, 0.05) is 9.92 Å². The lowest BCUT2D eigenvalue weighted by molar-refractivity contribution is 0.402. The minimum atomic E-state index is -0.297. The first kappa shape index (κ1) is 16.4. The second kappa shape index (κ2) is 7.00. The molecule has 0 amide bonds. The maximum absolute atomic E-state index is 10.5. The van der Waals surface area contributed by atoms with E-state index in [1.165, 1.54) is 11.8 Å². The van der Waals surface area contributed by atoms with E-state index in [1.54, 1.807) is 12.1 Å². The maximum atomic E-state index is 10.5. The Balaban J connectivity index is 1.91. The van der Waals surface area contributed by atoms with Gasteiger partial charge < -0.3 is 10.1 Å². The Morgan fingerprint density at radius 2 is 1.96 bits per heavy atom. The number of allylic oxidation sites excluding steroid dienone is 1. The minimum Gasteiger partial charge on any atom is -0.510 e. The van der Waals surface area contributed by atoms with Crippen LogP contribution in [0.3, 0.4) is 0 Å². The molecule has 1 aromatic heterocycles. The fourth-order valence-electron chi connectivity index (χ4n) is 2.28. The van der Waals surface area contributed by atoms with Crippen molar-refractivity contribution in [2.24, 2.45) is 0 Å². The summed E-state index contributed by atoms with van der Waals surface area (Å²) in [5, 5.41) is 20.4. The van der Waals surface area contributed by atoms with Gasteiger partial charge in [-0.25, -0.2) is 4.98 Å². The summed E-state index contributed by atoms with van der Waals surface area (Å²) in [6, 6.07) is 16.9. The molecule has 0 radical (unpaired) electrons. The normalized spacial score (nSPS) is 13.4. The summed E-state index contributed by atoms with van der Waals surface area (Å²) in [6.07, 6.45) is 0. The highest BCUT2D eigenvalue weighted by Gasteiger charge is 2.19.